The molecular weight excluding hydrogens is 533 g/mol. The molecule has 0 aliphatic heterocycles. The Bertz CT molecular complexity index is 1080. The first-order valence-electron chi connectivity index (χ1n) is 12.4. The van der Waals surface area contributed by atoms with Gasteiger partial charge in [-0.15, -0.1) is 0 Å². The maximum absolute atomic E-state index is 12.0. The Morgan fingerprint density at radius 1 is 0.711 bits per heavy atom. The third-order valence-electron chi connectivity index (χ3n) is 5.35. The van der Waals surface area contributed by atoms with E-state index in [9.17, 15) is 14.4 Å². The maximum Gasteiger partial charge on any atom is 0.338 e. The molecular formula is C28H42N2O5SSi2. The van der Waals surface area contributed by atoms with Crippen molar-refractivity contribution in [3.63, 3.8) is 0 Å². The summed E-state index contributed by atoms with van der Waals surface area (Å²) in [6.07, 6.45) is 1.69. The van der Waals surface area contributed by atoms with Gasteiger partial charge in [-0.25, -0.2) is 9.59 Å². The maximum atomic E-state index is 12.0. The molecule has 0 saturated carbocycles. The Balaban J connectivity index is 0.000000380. The smallest absolute Gasteiger partial charge is 0.338 e. The van der Waals surface area contributed by atoms with Crippen LogP contribution in [0.15, 0.2) is 36.4 Å². The predicted octanol–water partition coefficient (Wildman–Crippen LogP) is 5.31. The highest BCUT2D eigenvalue weighted by Gasteiger charge is 2.17. The average molecular weight is 575 g/mol. The molecule has 0 saturated heterocycles. The summed E-state index contributed by atoms with van der Waals surface area (Å²) in [5, 5.41) is 6.24. The summed E-state index contributed by atoms with van der Waals surface area (Å²) >= 11 is 5.38. The number of ether oxygens (including phenoxy) is 2. The number of aryl methyl sites for hydroxylation is 2. The van der Waals surface area contributed by atoms with Gasteiger partial charge in [-0.3, -0.25) is 4.79 Å². The molecule has 2 rings (SSSR count). The summed E-state index contributed by atoms with van der Waals surface area (Å²) in [4.78, 5) is 35.7. The van der Waals surface area contributed by atoms with E-state index in [0.29, 0.717) is 16.7 Å². The lowest BCUT2D eigenvalue weighted by Crippen LogP contribution is -2.39. The molecule has 2 aromatic carbocycles. The van der Waals surface area contributed by atoms with Crippen LogP contribution in [0.1, 0.15) is 47.8 Å². The van der Waals surface area contributed by atoms with Gasteiger partial charge < -0.3 is 20.1 Å². The summed E-state index contributed by atoms with van der Waals surface area (Å²) < 4.78 is 9.40. The third-order valence-corrected chi connectivity index (χ3v) is 8.20. The average Bonchev–Trinajstić information content (AvgIpc) is 2.84. The number of methoxy groups -OCH3 is 2. The Morgan fingerprint density at radius 2 is 1.11 bits per heavy atom. The van der Waals surface area contributed by atoms with Crippen molar-refractivity contribution < 1.29 is 23.9 Å². The first-order chi connectivity index (χ1) is 17.5. The molecule has 7 nitrogen and oxygen atoms in total. The van der Waals surface area contributed by atoms with Crippen LogP contribution >= 0.6 is 12.2 Å². The number of hydrogen-bond acceptors (Lipinski definition) is 6. The number of hydrogen-bond donors (Lipinski definition) is 2. The van der Waals surface area contributed by atoms with Crippen LogP contribution in [0.3, 0.4) is 0 Å². The largest absolute Gasteiger partial charge is 0.465 e. The number of esters is 2. The van der Waals surface area contributed by atoms with Crippen LogP contribution in [0.5, 0.6) is 0 Å². The lowest BCUT2D eigenvalue weighted by molar-refractivity contribution is 0.0591. The third kappa shape index (κ3) is 11.3. The van der Waals surface area contributed by atoms with Gasteiger partial charge in [0.15, 0.2) is 0 Å². The molecule has 0 radical (unpaired) electrons. The van der Waals surface area contributed by atoms with Crippen LogP contribution in [-0.4, -0.2) is 65.5 Å². The van der Waals surface area contributed by atoms with Crippen LogP contribution in [0.25, 0.3) is 0 Å². The fourth-order valence-electron chi connectivity index (χ4n) is 3.18. The fourth-order valence-corrected chi connectivity index (χ4v) is 4.91. The first kappa shape index (κ1) is 33.2. The Kier molecular flexibility index (Phi) is 12.5. The Labute approximate surface area is 234 Å². The zero-order chi connectivity index (χ0) is 29.3. The molecule has 0 unspecified atom stereocenters. The van der Waals surface area contributed by atoms with E-state index in [4.69, 9.17) is 17.0 Å². The highest BCUT2D eigenvalue weighted by atomic mass is 32.1. The molecule has 38 heavy (non-hydrogen) atoms. The topological polar surface area (TPSA) is 93.7 Å². The van der Waals surface area contributed by atoms with Crippen LogP contribution < -0.4 is 10.6 Å². The molecule has 1 amide bonds. The number of benzene rings is 2. The van der Waals surface area contributed by atoms with Gasteiger partial charge in [-0.1, -0.05) is 57.6 Å². The number of rotatable bonds is 8. The highest BCUT2D eigenvalue weighted by molar-refractivity contribution is 7.80. The van der Waals surface area contributed by atoms with Crippen molar-refractivity contribution in [1.29, 1.82) is 0 Å². The quantitative estimate of drug-likeness (QED) is 0.251. The normalized spacial score (nSPS) is 11.0. The summed E-state index contributed by atoms with van der Waals surface area (Å²) in [5.41, 5.74) is 4.21. The van der Waals surface area contributed by atoms with E-state index in [1.165, 1.54) is 14.2 Å². The summed E-state index contributed by atoms with van der Waals surface area (Å²) in [7, 11) is 0.247. The van der Waals surface area contributed by atoms with E-state index in [2.05, 4.69) is 54.7 Å². The van der Waals surface area contributed by atoms with Gasteiger partial charge >= 0.3 is 11.9 Å². The summed E-state index contributed by atoms with van der Waals surface area (Å²) in [6.45, 7) is 17.1. The molecule has 0 bridgehead atoms. The number of nitrogens with one attached hydrogen (secondary N) is 2. The van der Waals surface area contributed by atoms with E-state index >= 15 is 0 Å². The van der Waals surface area contributed by atoms with Gasteiger partial charge in [-0.05, 0) is 55.3 Å². The summed E-state index contributed by atoms with van der Waals surface area (Å²) in [6, 6.07) is 10.5. The van der Waals surface area contributed by atoms with Gasteiger partial charge in [0, 0.05) is 23.5 Å². The van der Waals surface area contributed by atoms with Crippen molar-refractivity contribution in [1.82, 2.24) is 10.6 Å². The van der Waals surface area contributed by atoms with Crippen LogP contribution in [0.2, 0.25) is 39.3 Å². The van der Waals surface area contributed by atoms with Gasteiger partial charge in [0.2, 0.25) is 0 Å². The van der Waals surface area contributed by atoms with Gasteiger partial charge in [0.25, 0.3) is 5.91 Å². The van der Waals surface area contributed by atoms with Crippen molar-refractivity contribution >= 4 is 51.2 Å². The molecule has 0 aliphatic rings. The van der Waals surface area contributed by atoms with Crippen LogP contribution in [0.4, 0.5) is 0 Å². The number of carbonyl (C=O) groups excluding carboxylic acids is 3. The number of thiocarbonyl (C=S) groups is 1. The molecule has 0 aromatic heterocycles. The second kappa shape index (κ2) is 14.4. The predicted molar refractivity (Wildman–Crippen MR) is 164 cm³/mol. The van der Waals surface area contributed by atoms with E-state index in [1.807, 2.05) is 19.1 Å². The van der Waals surface area contributed by atoms with Crippen molar-refractivity contribution in [2.75, 3.05) is 26.6 Å². The standard InChI is InChI=1S/C14H21NO3Si.C14H21NO2SSi/c1-10-8-11(6-7-12(10)14(17)18-2)13(16)15-9-19(3,4)5;1-10-8-11(6-7-12(10)14(16)17-2)13(18)15-9-19(3,4)5/h6-8H,9H2,1-5H3,(H,15,16);6-8H,9H2,1-5H3,(H,15,18). The zero-order valence-corrected chi connectivity index (χ0v) is 27.1. The minimum absolute atomic E-state index is 0.0954. The summed E-state index contributed by atoms with van der Waals surface area (Å²) in [5.74, 6) is -0.793. The van der Waals surface area contributed by atoms with Crippen molar-refractivity contribution in [2.45, 2.75) is 53.1 Å². The van der Waals surface area contributed by atoms with E-state index in [1.54, 1.807) is 31.2 Å². The second-order valence-corrected chi connectivity index (χ2v) is 22.9. The molecule has 0 spiro atoms. The SMILES string of the molecule is COC(=O)c1ccc(C(=O)NC[Si](C)(C)C)cc1C.COC(=O)c1ccc(C(=S)NC[Si](C)(C)C)cc1C. The number of carbonyl (C=O) groups is 3. The first-order valence-corrected chi connectivity index (χ1v) is 20.3. The molecule has 2 aromatic rings. The van der Waals surface area contributed by atoms with E-state index < -0.39 is 16.1 Å². The highest BCUT2D eigenvalue weighted by Crippen LogP contribution is 2.14. The van der Waals surface area contributed by atoms with Crippen LogP contribution in [-0.2, 0) is 9.47 Å². The van der Waals surface area contributed by atoms with Crippen molar-refractivity contribution in [2.24, 2.45) is 0 Å². The van der Waals surface area contributed by atoms with Crippen molar-refractivity contribution in [3.8, 4) is 0 Å². The Morgan fingerprint density at radius 3 is 1.50 bits per heavy atom. The van der Waals surface area contributed by atoms with Crippen molar-refractivity contribution in [3.05, 3.63) is 69.8 Å². The lowest BCUT2D eigenvalue weighted by Gasteiger charge is -2.18. The second-order valence-electron chi connectivity index (χ2n) is 11.5. The minimum atomic E-state index is -1.31. The molecule has 2 N–H and O–H groups in total. The Hall–Kier alpha value is -2.83. The minimum Gasteiger partial charge on any atom is -0.465 e. The van der Waals surface area contributed by atoms with E-state index in [0.717, 1.165) is 34.0 Å². The molecule has 0 atom stereocenters. The van der Waals surface area contributed by atoms with Gasteiger partial charge in [0.05, 0.1) is 41.5 Å². The molecule has 0 aliphatic carbocycles. The lowest BCUT2D eigenvalue weighted by atomic mass is 10.0. The fraction of sp³-hybridized carbons (Fsp3) is 0.429. The van der Waals surface area contributed by atoms with Gasteiger partial charge in [0.1, 0.15) is 4.99 Å². The molecule has 208 valence electrons. The molecule has 0 heterocycles. The zero-order valence-electron chi connectivity index (χ0n) is 24.3. The molecule has 10 heteroatoms. The monoisotopic (exact) mass is 574 g/mol. The van der Waals surface area contributed by atoms with E-state index in [-0.39, 0.29) is 17.8 Å². The van der Waals surface area contributed by atoms with Crippen LogP contribution in [0, 0.1) is 13.8 Å². The van der Waals surface area contributed by atoms with Gasteiger partial charge in [-0.2, -0.15) is 0 Å². The molecule has 0 fully saturated rings. The number of amides is 1.